The number of hydrogen-bond donors (Lipinski definition) is 1. The Kier molecular flexibility index (Phi) is 3.96. The molecule has 0 fully saturated rings. The predicted molar refractivity (Wildman–Crippen MR) is 77.9 cm³/mol. The first kappa shape index (κ1) is 14.1. The summed E-state index contributed by atoms with van der Waals surface area (Å²) in [4.78, 5) is 5.60. The van der Waals surface area contributed by atoms with Crippen molar-refractivity contribution >= 4 is 11.8 Å². The molecule has 0 aliphatic carbocycles. The third kappa shape index (κ3) is 3.16. The Hall–Kier alpha value is -1.33. The van der Waals surface area contributed by atoms with Gasteiger partial charge in [-0.3, -0.25) is 0 Å². The van der Waals surface area contributed by atoms with Crippen molar-refractivity contribution in [2.75, 3.05) is 6.26 Å². The first-order valence-corrected chi connectivity index (χ1v) is 7.38. The number of benzene rings is 1. The lowest BCUT2D eigenvalue weighted by molar-refractivity contribution is 0.303. The van der Waals surface area contributed by atoms with E-state index < -0.39 is 0 Å². The molecule has 0 spiro atoms. The summed E-state index contributed by atoms with van der Waals surface area (Å²) in [5.74, 6) is 1.07. The van der Waals surface area contributed by atoms with Gasteiger partial charge in [0.25, 0.3) is 5.89 Å². The van der Waals surface area contributed by atoms with E-state index in [1.807, 2.05) is 30.5 Å². The molecular formula is C14H19N3OS. The largest absolute Gasteiger partial charge is 0.334 e. The van der Waals surface area contributed by atoms with Gasteiger partial charge in [0.1, 0.15) is 0 Å². The number of aromatic nitrogens is 2. The van der Waals surface area contributed by atoms with Crippen LogP contribution in [0.3, 0.4) is 0 Å². The smallest absolute Gasteiger partial charge is 0.257 e. The fourth-order valence-electron chi connectivity index (χ4n) is 1.60. The molecular weight excluding hydrogens is 258 g/mol. The van der Waals surface area contributed by atoms with Gasteiger partial charge in [-0.1, -0.05) is 25.9 Å². The number of thioether (sulfide) groups is 1. The summed E-state index contributed by atoms with van der Waals surface area (Å²) in [6, 6.07) is 7.79. The van der Waals surface area contributed by atoms with Crippen LogP contribution in [0.5, 0.6) is 0 Å². The lowest BCUT2D eigenvalue weighted by atomic mass is 9.87. The zero-order valence-corrected chi connectivity index (χ0v) is 12.5. The number of rotatable bonds is 3. The zero-order valence-electron chi connectivity index (χ0n) is 11.7. The van der Waals surface area contributed by atoms with Gasteiger partial charge in [-0.05, 0) is 35.9 Å². The number of hydrogen-bond acceptors (Lipinski definition) is 5. The summed E-state index contributed by atoms with van der Waals surface area (Å²) in [6.07, 6.45) is 2.04. The Morgan fingerprint density at radius 3 is 2.37 bits per heavy atom. The van der Waals surface area contributed by atoms with Gasteiger partial charge < -0.3 is 10.3 Å². The molecule has 102 valence electrons. The quantitative estimate of drug-likeness (QED) is 0.870. The third-order valence-corrected chi connectivity index (χ3v) is 3.73. The Morgan fingerprint density at radius 2 is 1.84 bits per heavy atom. The molecule has 1 aromatic heterocycles. The maximum atomic E-state index is 6.12. The molecule has 19 heavy (non-hydrogen) atoms. The van der Waals surface area contributed by atoms with E-state index in [1.165, 1.54) is 4.90 Å². The third-order valence-electron chi connectivity index (χ3n) is 2.99. The van der Waals surface area contributed by atoms with E-state index in [-0.39, 0.29) is 11.5 Å². The van der Waals surface area contributed by atoms with E-state index >= 15 is 0 Å². The summed E-state index contributed by atoms with van der Waals surface area (Å²) in [5.41, 5.74) is 6.94. The topological polar surface area (TPSA) is 64.9 Å². The molecule has 4 nitrogen and oxygen atoms in total. The van der Waals surface area contributed by atoms with Crippen molar-refractivity contribution in [1.29, 1.82) is 0 Å². The summed E-state index contributed by atoms with van der Waals surface area (Å²) in [7, 11) is 0. The number of nitrogens with zero attached hydrogens (tertiary/aromatic N) is 2. The Bertz CT molecular complexity index is 543. The van der Waals surface area contributed by atoms with Gasteiger partial charge in [-0.25, -0.2) is 0 Å². The standard InChI is InChI=1S/C14H19N3OS/c1-14(2,3)11(15)12-16-13(18-17-12)9-5-7-10(19-4)8-6-9/h5-8,11H,15H2,1-4H3. The van der Waals surface area contributed by atoms with Crippen molar-refractivity contribution in [3.8, 4) is 11.5 Å². The van der Waals surface area contributed by atoms with Crippen LogP contribution in [0.1, 0.15) is 32.6 Å². The molecule has 0 saturated carbocycles. The molecule has 5 heteroatoms. The van der Waals surface area contributed by atoms with Crippen LogP contribution in [-0.2, 0) is 0 Å². The minimum absolute atomic E-state index is 0.0934. The molecule has 1 aromatic carbocycles. The lowest BCUT2D eigenvalue weighted by Gasteiger charge is -2.23. The van der Waals surface area contributed by atoms with E-state index in [0.717, 1.165) is 5.56 Å². The van der Waals surface area contributed by atoms with E-state index in [0.29, 0.717) is 11.7 Å². The monoisotopic (exact) mass is 277 g/mol. The van der Waals surface area contributed by atoms with Gasteiger partial charge in [-0.15, -0.1) is 11.8 Å². The van der Waals surface area contributed by atoms with Crippen molar-refractivity contribution in [3.05, 3.63) is 30.1 Å². The SMILES string of the molecule is CSc1ccc(-c2nc(C(N)C(C)(C)C)no2)cc1. The minimum Gasteiger partial charge on any atom is -0.334 e. The van der Waals surface area contributed by atoms with Crippen LogP contribution < -0.4 is 5.73 Å². The van der Waals surface area contributed by atoms with Gasteiger partial charge in [0.05, 0.1) is 6.04 Å². The van der Waals surface area contributed by atoms with Crippen molar-refractivity contribution in [2.45, 2.75) is 31.7 Å². The van der Waals surface area contributed by atoms with Crippen LogP contribution in [0.4, 0.5) is 0 Å². The average Bonchev–Trinajstić information content (AvgIpc) is 2.86. The maximum absolute atomic E-state index is 6.12. The predicted octanol–water partition coefficient (Wildman–Crippen LogP) is 3.50. The molecule has 0 aliphatic rings. The van der Waals surface area contributed by atoms with E-state index in [4.69, 9.17) is 10.3 Å². The second-order valence-corrected chi connectivity index (χ2v) is 6.41. The average molecular weight is 277 g/mol. The zero-order chi connectivity index (χ0) is 14.0. The van der Waals surface area contributed by atoms with Crippen LogP contribution in [0.2, 0.25) is 0 Å². The maximum Gasteiger partial charge on any atom is 0.257 e. The van der Waals surface area contributed by atoms with Crippen LogP contribution in [0.25, 0.3) is 11.5 Å². The molecule has 0 aliphatic heterocycles. The van der Waals surface area contributed by atoms with Gasteiger partial charge >= 0.3 is 0 Å². The summed E-state index contributed by atoms with van der Waals surface area (Å²) >= 11 is 1.70. The second-order valence-electron chi connectivity index (χ2n) is 5.53. The molecule has 0 saturated heterocycles. The lowest BCUT2D eigenvalue weighted by Crippen LogP contribution is -2.27. The van der Waals surface area contributed by atoms with Crippen LogP contribution in [-0.4, -0.2) is 16.4 Å². The van der Waals surface area contributed by atoms with E-state index in [9.17, 15) is 0 Å². The highest BCUT2D eigenvalue weighted by Gasteiger charge is 2.27. The number of nitrogens with two attached hydrogens (primary N) is 1. The highest BCUT2D eigenvalue weighted by atomic mass is 32.2. The van der Waals surface area contributed by atoms with Crippen molar-refractivity contribution in [3.63, 3.8) is 0 Å². The van der Waals surface area contributed by atoms with Gasteiger partial charge in [-0.2, -0.15) is 4.98 Å². The highest BCUT2D eigenvalue weighted by molar-refractivity contribution is 7.98. The summed E-state index contributed by atoms with van der Waals surface area (Å²) in [6.45, 7) is 6.17. The minimum atomic E-state index is -0.240. The van der Waals surface area contributed by atoms with E-state index in [2.05, 4.69) is 30.9 Å². The van der Waals surface area contributed by atoms with Crippen molar-refractivity contribution in [2.24, 2.45) is 11.1 Å². The fourth-order valence-corrected chi connectivity index (χ4v) is 2.01. The molecule has 2 aromatic rings. The first-order chi connectivity index (χ1) is 8.91. The van der Waals surface area contributed by atoms with Gasteiger partial charge in [0.15, 0.2) is 5.82 Å². The normalized spacial score (nSPS) is 13.5. The Morgan fingerprint density at radius 1 is 1.21 bits per heavy atom. The van der Waals surface area contributed by atoms with Gasteiger partial charge in [0.2, 0.25) is 0 Å². The Balaban J connectivity index is 2.25. The highest BCUT2D eigenvalue weighted by Crippen LogP contribution is 2.30. The first-order valence-electron chi connectivity index (χ1n) is 6.15. The van der Waals surface area contributed by atoms with Gasteiger partial charge in [0, 0.05) is 10.5 Å². The molecule has 2 rings (SSSR count). The van der Waals surface area contributed by atoms with Crippen molar-refractivity contribution < 1.29 is 4.52 Å². The summed E-state index contributed by atoms with van der Waals surface area (Å²) < 4.78 is 5.29. The van der Waals surface area contributed by atoms with E-state index in [1.54, 1.807) is 11.8 Å². The molecule has 0 amide bonds. The van der Waals surface area contributed by atoms with Crippen LogP contribution in [0, 0.1) is 5.41 Å². The molecule has 1 unspecified atom stereocenters. The van der Waals surface area contributed by atoms with Crippen LogP contribution in [0.15, 0.2) is 33.7 Å². The Labute approximate surface area is 117 Å². The molecule has 1 atom stereocenters. The fraction of sp³-hybridized carbons (Fsp3) is 0.429. The molecule has 2 N–H and O–H groups in total. The summed E-state index contributed by atoms with van der Waals surface area (Å²) in [5, 5.41) is 3.99. The molecule has 0 radical (unpaired) electrons. The second kappa shape index (κ2) is 5.35. The molecule has 0 bridgehead atoms. The molecule has 1 heterocycles. The van der Waals surface area contributed by atoms with Crippen LogP contribution >= 0.6 is 11.8 Å². The van der Waals surface area contributed by atoms with Crippen molar-refractivity contribution in [1.82, 2.24) is 10.1 Å².